The van der Waals surface area contributed by atoms with E-state index in [1.165, 1.54) is 12.8 Å². The first kappa shape index (κ1) is 9.74. The molecule has 0 saturated carbocycles. The quantitative estimate of drug-likeness (QED) is 0.770. The van der Waals surface area contributed by atoms with Crippen molar-refractivity contribution < 1.29 is 4.74 Å². The topological polar surface area (TPSA) is 37.0 Å². The van der Waals surface area contributed by atoms with Gasteiger partial charge in [-0.3, -0.25) is 0 Å². The lowest BCUT2D eigenvalue weighted by Gasteiger charge is -2.26. The molecule has 3 heteroatoms. The minimum Gasteiger partial charge on any atom is -0.368 e. The minimum atomic E-state index is 0.176. The van der Waals surface area contributed by atoms with E-state index >= 15 is 0 Å². The smallest absolute Gasteiger partial charge is 0.0948 e. The second kappa shape index (κ2) is 4.62. The highest BCUT2D eigenvalue weighted by Crippen LogP contribution is 2.19. The summed E-state index contributed by atoms with van der Waals surface area (Å²) < 4.78 is 5.94. The summed E-state index contributed by atoms with van der Waals surface area (Å²) in [5.74, 6) is 0. The number of aromatic nitrogens is 1. The lowest BCUT2D eigenvalue weighted by molar-refractivity contribution is -0.0167. The van der Waals surface area contributed by atoms with Crippen molar-refractivity contribution in [3.8, 4) is 0 Å². The largest absolute Gasteiger partial charge is 0.368 e. The van der Waals surface area contributed by atoms with Crippen LogP contribution in [0.25, 0.3) is 0 Å². The van der Waals surface area contributed by atoms with Gasteiger partial charge in [0.2, 0.25) is 0 Å². The molecule has 0 spiro atoms. The van der Waals surface area contributed by atoms with Crippen LogP contribution in [0.15, 0.2) is 18.3 Å². The molecular weight excluding hydrogens is 176 g/mol. The lowest BCUT2D eigenvalue weighted by atomic mass is 10.1. The Balaban J connectivity index is 1.84. The van der Waals surface area contributed by atoms with E-state index in [2.05, 4.69) is 23.3 Å². The van der Waals surface area contributed by atoms with Crippen molar-refractivity contribution in [2.45, 2.75) is 32.0 Å². The molecule has 2 heterocycles. The Hall–Kier alpha value is -0.800. The fourth-order valence-corrected chi connectivity index (χ4v) is 1.90. The van der Waals surface area contributed by atoms with E-state index in [1.54, 1.807) is 0 Å². The van der Waals surface area contributed by atoms with Crippen molar-refractivity contribution in [1.82, 2.24) is 10.3 Å². The zero-order chi connectivity index (χ0) is 9.80. The van der Waals surface area contributed by atoms with E-state index < -0.39 is 0 Å². The molecule has 1 aromatic heterocycles. The molecule has 0 aromatic carbocycles. The van der Waals surface area contributed by atoms with Gasteiger partial charge in [0.05, 0.1) is 12.2 Å². The van der Waals surface area contributed by atoms with Crippen LogP contribution in [0.2, 0.25) is 0 Å². The van der Waals surface area contributed by atoms with Gasteiger partial charge in [0.15, 0.2) is 0 Å². The van der Waals surface area contributed by atoms with Gasteiger partial charge < -0.3 is 15.0 Å². The predicted molar refractivity (Wildman–Crippen MR) is 56.2 cm³/mol. The molecule has 1 aromatic rings. The van der Waals surface area contributed by atoms with E-state index in [-0.39, 0.29) is 6.10 Å². The average molecular weight is 194 g/mol. The van der Waals surface area contributed by atoms with E-state index in [9.17, 15) is 0 Å². The van der Waals surface area contributed by atoms with Gasteiger partial charge >= 0.3 is 0 Å². The van der Waals surface area contributed by atoms with Crippen LogP contribution >= 0.6 is 0 Å². The summed E-state index contributed by atoms with van der Waals surface area (Å²) >= 11 is 0. The number of piperidine rings is 1. The molecule has 3 nitrogen and oxygen atoms in total. The fraction of sp³-hybridized carbons (Fsp3) is 0.636. The molecule has 2 atom stereocenters. The molecule has 0 unspecified atom stereocenters. The van der Waals surface area contributed by atoms with Crippen LogP contribution in [-0.2, 0) is 4.74 Å². The van der Waals surface area contributed by atoms with Crippen LogP contribution in [0.4, 0.5) is 0 Å². The Labute approximate surface area is 84.9 Å². The third-order valence-corrected chi connectivity index (χ3v) is 2.71. The zero-order valence-corrected chi connectivity index (χ0v) is 8.62. The Kier molecular flexibility index (Phi) is 3.22. The normalized spacial score (nSPS) is 24.8. The molecule has 1 saturated heterocycles. The monoisotopic (exact) mass is 194 g/mol. The van der Waals surface area contributed by atoms with E-state index in [1.807, 2.05) is 12.3 Å². The van der Waals surface area contributed by atoms with Crippen molar-refractivity contribution in [3.63, 3.8) is 0 Å². The molecule has 14 heavy (non-hydrogen) atoms. The molecule has 1 aliphatic heterocycles. The van der Waals surface area contributed by atoms with Crippen LogP contribution in [0.1, 0.15) is 31.6 Å². The van der Waals surface area contributed by atoms with Crippen molar-refractivity contribution >= 4 is 0 Å². The van der Waals surface area contributed by atoms with Gasteiger partial charge in [-0.2, -0.15) is 0 Å². The Morgan fingerprint density at radius 2 is 2.50 bits per heavy atom. The van der Waals surface area contributed by atoms with Crippen LogP contribution in [0.5, 0.6) is 0 Å². The van der Waals surface area contributed by atoms with Crippen molar-refractivity contribution in [1.29, 1.82) is 0 Å². The predicted octanol–water partition coefficient (Wildman–Crippen LogP) is 1.84. The second-order valence-electron chi connectivity index (χ2n) is 3.87. The molecule has 78 valence electrons. The van der Waals surface area contributed by atoms with Gasteiger partial charge in [0.25, 0.3) is 0 Å². The minimum absolute atomic E-state index is 0.176. The number of hydrogen-bond donors (Lipinski definition) is 2. The summed E-state index contributed by atoms with van der Waals surface area (Å²) in [6.45, 7) is 4.22. The van der Waals surface area contributed by atoms with E-state index in [0.717, 1.165) is 18.8 Å². The first-order valence-corrected chi connectivity index (χ1v) is 5.36. The molecule has 0 radical (unpaired) electrons. The number of nitrogens with one attached hydrogen (secondary N) is 2. The third-order valence-electron chi connectivity index (χ3n) is 2.71. The first-order chi connectivity index (χ1) is 6.86. The molecule has 0 aliphatic carbocycles. The zero-order valence-electron chi connectivity index (χ0n) is 8.62. The maximum atomic E-state index is 5.94. The number of aromatic amines is 1. The Morgan fingerprint density at radius 1 is 1.57 bits per heavy atom. The summed E-state index contributed by atoms with van der Waals surface area (Å²) in [5, 5.41) is 3.35. The first-order valence-electron chi connectivity index (χ1n) is 5.36. The van der Waals surface area contributed by atoms with Crippen molar-refractivity contribution in [2.24, 2.45) is 0 Å². The average Bonchev–Trinajstić information content (AvgIpc) is 2.72. The highest BCUT2D eigenvalue weighted by molar-refractivity contribution is 5.06. The number of rotatable bonds is 3. The van der Waals surface area contributed by atoms with Gasteiger partial charge in [0, 0.05) is 18.4 Å². The molecule has 1 fully saturated rings. The number of H-pyrrole nitrogens is 1. The number of hydrogen-bond acceptors (Lipinski definition) is 2. The van der Waals surface area contributed by atoms with Gasteiger partial charge in [0.1, 0.15) is 0 Å². The molecule has 0 bridgehead atoms. The molecular formula is C11H18N2O. The molecule has 1 aliphatic rings. The molecule has 2 rings (SSSR count). The Morgan fingerprint density at radius 3 is 3.14 bits per heavy atom. The van der Waals surface area contributed by atoms with Gasteiger partial charge in [-0.15, -0.1) is 0 Å². The van der Waals surface area contributed by atoms with Crippen molar-refractivity contribution in [3.05, 3.63) is 24.0 Å². The van der Waals surface area contributed by atoms with Crippen LogP contribution in [0.3, 0.4) is 0 Å². The van der Waals surface area contributed by atoms with Gasteiger partial charge in [-0.05, 0) is 38.4 Å². The van der Waals surface area contributed by atoms with Crippen LogP contribution < -0.4 is 5.32 Å². The third kappa shape index (κ3) is 2.36. The van der Waals surface area contributed by atoms with E-state index in [0.29, 0.717) is 6.10 Å². The maximum Gasteiger partial charge on any atom is 0.0948 e. The highest BCUT2D eigenvalue weighted by Gasteiger charge is 2.17. The second-order valence-corrected chi connectivity index (χ2v) is 3.87. The maximum absolute atomic E-state index is 5.94. The summed E-state index contributed by atoms with van der Waals surface area (Å²) in [6.07, 6.45) is 4.89. The summed E-state index contributed by atoms with van der Waals surface area (Å²) in [6, 6.07) is 4.08. The molecule has 2 N–H and O–H groups in total. The summed E-state index contributed by atoms with van der Waals surface area (Å²) in [7, 11) is 0. The standard InChI is InChI=1S/C11H18N2O/c1-9(11-5-3-7-13-11)14-10-4-2-6-12-8-10/h3,5,7,9-10,12-13H,2,4,6,8H2,1H3/t9-,10+/m0/s1. The van der Waals surface area contributed by atoms with Crippen LogP contribution in [0, 0.1) is 0 Å². The van der Waals surface area contributed by atoms with Crippen LogP contribution in [-0.4, -0.2) is 24.2 Å². The summed E-state index contributed by atoms with van der Waals surface area (Å²) in [5.41, 5.74) is 1.16. The lowest BCUT2D eigenvalue weighted by Crippen LogP contribution is -2.35. The van der Waals surface area contributed by atoms with Crippen molar-refractivity contribution in [2.75, 3.05) is 13.1 Å². The SMILES string of the molecule is C[C@H](O[C@@H]1CCCNC1)c1ccc[nH]1. The molecule has 0 amide bonds. The highest BCUT2D eigenvalue weighted by atomic mass is 16.5. The fourth-order valence-electron chi connectivity index (χ4n) is 1.90. The van der Waals surface area contributed by atoms with Gasteiger partial charge in [-0.1, -0.05) is 0 Å². The van der Waals surface area contributed by atoms with E-state index in [4.69, 9.17) is 4.74 Å². The van der Waals surface area contributed by atoms with Gasteiger partial charge in [-0.25, -0.2) is 0 Å². The summed E-state index contributed by atoms with van der Waals surface area (Å²) in [4.78, 5) is 3.18. The number of ether oxygens (including phenoxy) is 1. The Bertz CT molecular complexity index is 252.